The highest BCUT2D eigenvalue weighted by Crippen LogP contribution is 2.40. The minimum absolute atomic E-state index is 0.0568. The van der Waals surface area contributed by atoms with Gasteiger partial charge in [0.2, 0.25) is 5.91 Å². The minimum atomic E-state index is -0.556. The quantitative estimate of drug-likeness (QED) is 0.558. The van der Waals surface area contributed by atoms with Crippen LogP contribution in [0.1, 0.15) is 41.5 Å². The lowest BCUT2D eigenvalue weighted by molar-refractivity contribution is -0.117. The summed E-state index contributed by atoms with van der Waals surface area (Å²) >= 11 is 1.25. The minimum Gasteiger partial charge on any atom is -0.467 e. The number of nitrogens with zero attached hydrogens (tertiary/aromatic N) is 3. The highest BCUT2D eigenvalue weighted by atomic mass is 32.2. The van der Waals surface area contributed by atoms with Crippen molar-refractivity contribution in [3.63, 3.8) is 0 Å². The van der Waals surface area contributed by atoms with Crippen molar-refractivity contribution in [2.75, 3.05) is 11.1 Å². The van der Waals surface area contributed by atoms with E-state index in [1.165, 1.54) is 11.8 Å². The summed E-state index contributed by atoms with van der Waals surface area (Å²) in [5.41, 5.74) is 2.85. The Balaban J connectivity index is 1.34. The van der Waals surface area contributed by atoms with Gasteiger partial charge in [0.15, 0.2) is 5.16 Å². The Kier molecular flexibility index (Phi) is 5.89. The molecule has 0 aliphatic heterocycles. The molecule has 0 bridgehead atoms. The summed E-state index contributed by atoms with van der Waals surface area (Å²) in [6.07, 6.45) is 3.82. The number of carbonyl (C=O) groups excluding carboxylic acids is 2. The molecule has 0 spiro atoms. The van der Waals surface area contributed by atoms with E-state index in [1.54, 1.807) is 12.3 Å². The van der Waals surface area contributed by atoms with Crippen LogP contribution < -0.4 is 10.6 Å². The lowest BCUT2D eigenvalue weighted by Gasteiger charge is -2.09. The fourth-order valence-corrected chi connectivity index (χ4v) is 3.78. The summed E-state index contributed by atoms with van der Waals surface area (Å²) in [7, 11) is 0. The number of imide groups is 1. The van der Waals surface area contributed by atoms with Crippen LogP contribution in [0.4, 0.5) is 10.5 Å². The number of hydrogen-bond acceptors (Lipinski definition) is 6. The molecular formula is C21H23N5O3S. The topological polar surface area (TPSA) is 102 Å². The van der Waals surface area contributed by atoms with Crippen LogP contribution in [0.3, 0.4) is 0 Å². The maximum Gasteiger partial charge on any atom is 0.325 e. The van der Waals surface area contributed by atoms with Crippen molar-refractivity contribution in [1.82, 2.24) is 20.1 Å². The molecule has 1 aliphatic carbocycles. The predicted molar refractivity (Wildman–Crippen MR) is 114 cm³/mol. The lowest BCUT2D eigenvalue weighted by atomic mass is 10.1. The molecule has 0 saturated heterocycles. The van der Waals surface area contributed by atoms with Gasteiger partial charge in [0.25, 0.3) is 0 Å². The molecule has 1 aromatic carbocycles. The number of aryl methyl sites for hydroxylation is 2. The van der Waals surface area contributed by atoms with Gasteiger partial charge in [0, 0.05) is 11.6 Å². The van der Waals surface area contributed by atoms with E-state index in [2.05, 4.69) is 20.8 Å². The van der Waals surface area contributed by atoms with E-state index in [9.17, 15) is 9.59 Å². The third kappa shape index (κ3) is 4.91. The fraction of sp³-hybridized carbons (Fsp3) is 0.333. The first-order valence-electron chi connectivity index (χ1n) is 9.76. The average Bonchev–Trinajstić information content (AvgIpc) is 3.27. The molecule has 2 N–H and O–H groups in total. The molecule has 2 heterocycles. The van der Waals surface area contributed by atoms with Crippen molar-refractivity contribution >= 4 is 29.4 Å². The molecule has 30 heavy (non-hydrogen) atoms. The number of amides is 3. The van der Waals surface area contributed by atoms with E-state index in [0.717, 1.165) is 35.6 Å². The van der Waals surface area contributed by atoms with Crippen molar-refractivity contribution < 1.29 is 14.0 Å². The van der Waals surface area contributed by atoms with Gasteiger partial charge >= 0.3 is 6.03 Å². The summed E-state index contributed by atoms with van der Waals surface area (Å²) in [6, 6.07) is 8.77. The zero-order valence-corrected chi connectivity index (χ0v) is 17.7. The van der Waals surface area contributed by atoms with Crippen LogP contribution in [0, 0.1) is 13.8 Å². The smallest absolute Gasteiger partial charge is 0.325 e. The Bertz CT molecular complexity index is 1060. The maximum atomic E-state index is 12.3. The molecule has 0 unspecified atom stereocenters. The molecular weight excluding hydrogens is 402 g/mol. The SMILES string of the molecule is Cc1ccc(NC(=O)NC(=O)CSc2nnc(C3CC3)n2Cc2ccco2)cc1C. The third-order valence-corrected chi connectivity index (χ3v) is 5.90. The molecule has 1 fully saturated rings. The Morgan fingerprint density at radius 2 is 2.03 bits per heavy atom. The van der Waals surface area contributed by atoms with Crippen LogP contribution in [-0.2, 0) is 11.3 Å². The second kappa shape index (κ2) is 8.74. The number of carbonyl (C=O) groups is 2. The number of benzene rings is 1. The van der Waals surface area contributed by atoms with Gasteiger partial charge in [-0.1, -0.05) is 17.8 Å². The zero-order valence-electron chi connectivity index (χ0n) is 16.8. The Labute approximate surface area is 178 Å². The molecule has 156 valence electrons. The molecule has 3 aromatic rings. The van der Waals surface area contributed by atoms with Crippen LogP contribution in [0.15, 0.2) is 46.2 Å². The van der Waals surface area contributed by atoms with Gasteiger partial charge in [-0.25, -0.2) is 4.79 Å². The number of furan rings is 1. The van der Waals surface area contributed by atoms with Crippen molar-refractivity contribution in [1.29, 1.82) is 0 Å². The number of urea groups is 1. The molecule has 0 radical (unpaired) electrons. The second-order valence-corrected chi connectivity index (χ2v) is 8.31. The number of thioether (sulfide) groups is 1. The Hall–Kier alpha value is -3.07. The van der Waals surface area contributed by atoms with Crippen molar-refractivity contribution in [2.24, 2.45) is 0 Å². The van der Waals surface area contributed by atoms with Gasteiger partial charge in [-0.15, -0.1) is 10.2 Å². The number of hydrogen-bond donors (Lipinski definition) is 2. The standard InChI is InChI=1S/C21H23N5O3S/c1-13-5-8-16(10-14(13)2)22-20(28)23-18(27)12-30-21-25-24-19(15-6-7-15)26(21)11-17-4-3-9-29-17/h3-5,8-10,15H,6-7,11-12H2,1-2H3,(H2,22,23,27,28). The largest absolute Gasteiger partial charge is 0.467 e. The predicted octanol–water partition coefficient (Wildman–Crippen LogP) is 3.85. The first kappa shape index (κ1) is 20.2. The first-order valence-corrected chi connectivity index (χ1v) is 10.7. The third-order valence-electron chi connectivity index (χ3n) is 4.93. The molecule has 4 rings (SSSR count). The van der Waals surface area contributed by atoms with E-state index in [4.69, 9.17) is 4.42 Å². The fourth-order valence-electron chi connectivity index (χ4n) is 3.03. The van der Waals surface area contributed by atoms with Crippen LogP contribution in [0.5, 0.6) is 0 Å². The van der Waals surface area contributed by atoms with Crippen LogP contribution >= 0.6 is 11.8 Å². The van der Waals surface area contributed by atoms with Crippen molar-refractivity contribution in [2.45, 2.75) is 44.3 Å². The van der Waals surface area contributed by atoms with Crippen molar-refractivity contribution in [3.8, 4) is 0 Å². The summed E-state index contributed by atoms with van der Waals surface area (Å²) in [6.45, 7) is 4.48. The van der Waals surface area contributed by atoms with Gasteiger partial charge in [-0.3, -0.25) is 14.7 Å². The van der Waals surface area contributed by atoms with Gasteiger partial charge in [-0.05, 0) is 62.1 Å². The molecule has 8 nitrogen and oxygen atoms in total. The van der Waals surface area contributed by atoms with Crippen molar-refractivity contribution in [3.05, 3.63) is 59.3 Å². The van der Waals surface area contributed by atoms with Gasteiger partial charge in [0.05, 0.1) is 18.6 Å². The summed E-state index contributed by atoms with van der Waals surface area (Å²) < 4.78 is 7.44. The monoisotopic (exact) mass is 425 g/mol. The number of anilines is 1. The van der Waals surface area contributed by atoms with Gasteiger partial charge in [-0.2, -0.15) is 0 Å². The number of aromatic nitrogens is 3. The molecule has 2 aromatic heterocycles. The van der Waals surface area contributed by atoms with E-state index in [0.29, 0.717) is 23.3 Å². The summed E-state index contributed by atoms with van der Waals surface area (Å²) in [5.74, 6) is 1.79. The first-order chi connectivity index (χ1) is 14.5. The molecule has 1 saturated carbocycles. The maximum absolute atomic E-state index is 12.3. The normalized spacial score (nSPS) is 13.3. The highest BCUT2D eigenvalue weighted by molar-refractivity contribution is 7.99. The number of rotatable bonds is 7. The summed E-state index contributed by atoms with van der Waals surface area (Å²) in [4.78, 5) is 24.4. The second-order valence-electron chi connectivity index (χ2n) is 7.37. The molecule has 1 aliphatic rings. The van der Waals surface area contributed by atoms with Gasteiger partial charge < -0.3 is 9.73 Å². The van der Waals surface area contributed by atoms with Crippen LogP contribution in [0.25, 0.3) is 0 Å². The average molecular weight is 426 g/mol. The Morgan fingerprint density at radius 3 is 2.73 bits per heavy atom. The Morgan fingerprint density at radius 1 is 1.20 bits per heavy atom. The molecule has 3 amide bonds. The highest BCUT2D eigenvalue weighted by Gasteiger charge is 2.30. The van der Waals surface area contributed by atoms with Crippen LogP contribution in [-0.4, -0.2) is 32.5 Å². The lowest BCUT2D eigenvalue weighted by Crippen LogP contribution is -2.35. The zero-order chi connectivity index (χ0) is 21.1. The van der Waals surface area contributed by atoms with Crippen LogP contribution in [0.2, 0.25) is 0 Å². The van der Waals surface area contributed by atoms with E-state index in [1.807, 2.05) is 42.7 Å². The molecule has 9 heteroatoms. The number of nitrogens with one attached hydrogen (secondary N) is 2. The van der Waals surface area contributed by atoms with E-state index >= 15 is 0 Å². The van der Waals surface area contributed by atoms with E-state index < -0.39 is 11.9 Å². The summed E-state index contributed by atoms with van der Waals surface area (Å²) in [5, 5.41) is 14.2. The van der Waals surface area contributed by atoms with E-state index in [-0.39, 0.29) is 5.75 Å². The molecule has 0 atom stereocenters. The van der Waals surface area contributed by atoms with Gasteiger partial charge in [0.1, 0.15) is 11.6 Å².